The summed E-state index contributed by atoms with van der Waals surface area (Å²) in [4.78, 5) is 17.0. The van der Waals surface area contributed by atoms with Gasteiger partial charge in [0.05, 0.1) is 32.5 Å². The number of hydrogen-bond donors (Lipinski definition) is 1. The number of fused-ring (bicyclic) bond motifs is 1. The molecule has 6 heteroatoms. The first kappa shape index (κ1) is 14.0. The smallest absolute Gasteiger partial charge is 0.336 e. The first-order valence-corrected chi connectivity index (χ1v) is 7.67. The van der Waals surface area contributed by atoms with Crippen molar-refractivity contribution in [3.05, 3.63) is 45.7 Å². The normalized spacial score (nSPS) is 10.8. The first-order chi connectivity index (χ1) is 10.1. The van der Waals surface area contributed by atoms with Crippen LogP contribution < -0.4 is 4.74 Å². The van der Waals surface area contributed by atoms with Gasteiger partial charge in [0.25, 0.3) is 0 Å². The molecule has 2 aromatic heterocycles. The van der Waals surface area contributed by atoms with E-state index in [-0.39, 0.29) is 5.56 Å². The Balaban J connectivity index is 2.28. The molecule has 0 radical (unpaired) electrons. The van der Waals surface area contributed by atoms with Gasteiger partial charge in [0, 0.05) is 5.39 Å². The van der Waals surface area contributed by atoms with E-state index in [0.29, 0.717) is 22.3 Å². The summed E-state index contributed by atoms with van der Waals surface area (Å²) in [5.41, 5.74) is 1.51. The zero-order valence-corrected chi connectivity index (χ0v) is 13.4. The lowest BCUT2D eigenvalue weighted by Crippen LogP contribution is -2.00. The molecule has 3 rings (SSSR count). The molecule has 0 bridgehead atoms. The molecule has 0 aliphatic heterocycles. The van der Waals surface area contributed by atoms with Crippen molar-refractivity contribution in [3.8, 4) is 16.3 Å². The van der Waals surface area contributed by atoms with Crippen molar-refractivity contribution in [2.45, 2.75) is 0 Å². The quantitative estimate of drug-likeness (QED) is 0.747. The van der Waals surface area contributed by atoms with Crippen LogP contribution in [0.4, 0.5) is 0 Å². The molecule has 1 aromatic carbocycles. The van der Waals surface area contributed by atoms with Crippen molar-refractivity contribution < 1.29 is 14.6 Å². The number of thiophene rings is 1. The number of halogens is 1. The lowest BCUT2D eigenvalue weighted by Gasteiger charge is -2.07. The molecule has 0 aliphatic rings. The van der Waals surface area contributed by atoms with Crippen LogP contribution >= 0.6 is 27.3 Å². The second kappa shape index (κ2) is 5.46. The van der Waals surface area contributed by atoms with Crippen LogP contribution in [0.3, 0.4) is 0 Å². The Kier molecular flexibility index (Phi) is 3.65. The maximum Gasteiger partial charge on any atom is 0.336 e. The molecule has 0 aliphatic carbocycles. The predicted octanol–water partition coefficient (Wildman–Crippen LogP) is 4.43. The molecule has 0 amide bonds. The molecular formula is C15H10BrNO3S. The van der Waals surface area contributed by atoms with Gasteiger partial charge >= 0.3 is 5.97 Å². The van der Waals surface area contributed by atoms with Gasteiger partial charge in [0.2, 0.25) is 0 Å². The van der Waals surface area contributed by atoms with Crippen molar-refractivity contribution in [2.24, 2.45) is 0 Å². The Hall–Kier alpha value is -1.92. The van der Waals surface area contributed by atoms with Crippen LogP contribution in [0.1, 0.15) is 10.4 Å². The molecule has 0 atom stereocenters. The van der Waals surface area contributed by atoms with Crippen LogP contribution in [-0.4, -0.2) is 23.2 Å². The molecule has 4 nitrogen and oxygen atoms in total. The van der Waals surface area contributed by atoms with Gasteiger partial charge in [0.1, 0.15) is 5.75 Å². The first-order valence-electron chi connectivity index (χ1n) is 6.06. The molecule has 3 aromatic rings. The molecule has 106 valence electrons. The van der Waals surface area contributed by atoms with Gasteiger partial charge in [-0.1, -0.05) is 0 Å². The maximum absolute atomic E-state index is 11.5. The van der Waals surface area contributed by atoms with Crippen LogP contribution in [0, 0.1) is 0 Å². The molecule has 0 saturated heterocycles. The van der Waals surface area contributed by atoms with Crippen LogP contribution in [-0.2, 0) is 0 Å². The number of hydrogen-bond acceptors (Lipinski definition) is 4. The lowest BCUT2D eigenvalue weighted by atomic mass is 10.1. The fraction of sp³-hybridized carbons (Fsp3) is 0.0667. The number of benzene rings is 1. The molecule has 1 N–H and O–H groups in total. The fourth-order valence-corrected chi connectivity index (χ4v) is 3.43. The number of rotatable bonds is 3. The minimum Gasteiger partial charge on any atom is -0.497 e. The number of ether oxygens (including phenoxy) is 1. The van der Waals surface area contributed by atoms with Gasteiger partial charge in [-0.15, -0.1) is 11.3 Å². The average molecular weight is 364 g/mol. The summed E-state index contributed by atoms with van der Waals surface area (Å²) < 4.78 is 6.13. The van der Waals surface area contributed by atoms with E-state index in [1.54, 1.807) is 31.4 Å². The van der Waals surface area contributed by atoms with Crippen LogP contribution in [0.2, 0.25) is 0 Å². The summed E-state index contributed by atoms with van der Waals surface area (Å²) in [5, 5.41) is 10.0. The molecule has 0 saturated carbocycles. The summed E-state index contributed by atoms with van der Waals surface area (Å²) in [6.07, 6.45) is 0. The number of aromatic carboxylic acids is 1. The summed E-state index contributed by atoms with van der Waals surface area (Å²) in [6.45, 7) is 0. The Bertz CT molecular complexity index is 844. The number of carboxylic acid groups (broad SMARTS) is 1. The Labute approximate surface area is 133 Å². The number of nitrogens with zero attached hydrogens (tertiary/aromatic N) is 1. The highest BCUT2D eigenvalue weighted by Crippen LogP contribution is 2.33. The van der Waals surface area contributed by atoms with Gasteiger partial charge in [-0.3, -0.25) is 0 Å². The van der Waals surface area contributed by atoms with E-state index < -0.39 is 5.97 Å². The summed E-state index contributed by atoms with van der Waals surface area (Å²) >= 11 is 4.92. The van der Waals surface area contributed by atoms with Crippen LogP contribution in [0.15, 0.2) is 40.2 Å². The molecular weight excluding hydrogens is 354 g/mol. The van der Waals surface area contributed by atoms with E-state index >= 15 is 0 Å². The van der Waals surface area contributed by atoms with Crippen molar-refractivity contribution >= 4 is 44.1 Å². The molecule has 0 spiro atoms. The van der Waals surface area contributed by atoms with Crippen molar-refractivity contribution in [1.29, 1.82) is 0 Å². The summed E-state index contributed by atoms with van der Waals surface area (Å²) in [5.74, 6) is -0.369. The van der Waals surface area contributed by atoms with Gasteiger partial charge in [-0.2, -0.15) is 0 Å². The third kappa shape index (κ3) is 2.64. The molecule has 0 fully saturated rings. The van der Waals surface area contributed by atoms with E-state index in [4.69, 9.17) is 4.74 Å². The van der Waals surface area contributed by atoms with Crippen molar-refractivity contribution in [2.75, 3.05) is 7.11 Å². The van der Waals surface area contributed by atoms with E-state index in [9.17, 15) is 9.90 Å². The highest BCUT2D eigenvalue weighted by molar-refractivity contribution is 9.11. The minimum atomic E-state index is -0.979. The summed E-state index contributed by atoms with van der Waals surface area (Å²) in [6, 6.07) is 10.7. The van der Waals surface area contributed by atoms with E-state index in [0.717, 1.165) is 8.66 Å². The zero-order chi connectivity index (χ0) is 15.0. The molecule has 21 heavy (non-hydrogen) atoms. The SMILES string of the molecule is COc1ccc2nc(-c3ccc(Br)s3)cc(C(=O)O)c2c1. The van der Waals surface area contributed by atoms with E-state index in [2.05, 4.69) is 20.9 Å². The summed E-state index contributed by atoms with van der Waals surface area (Å²) in [7, 11) is 1.55. The second-order valence-corrected chi connectivity index (χ2v) is 6.81. The number of aromatic nitrogens is 1. The highest BCUT2D eigenvalue weighted by atomic mass is 79.9. The van der Waals surface area contributed by atoms with Crippen LogP contribution in [0.5, 0.6) is 5.75 Å². The van der Waals surface area contributed by atoms with E-state index in [1.165, 1.54) is 11.3 Å². The number of methoxy groups -OCH3 is 1. The van der Waals surface area contributed by atoms with Gasteiger partial charge in [-0.25, -0.2) is 9.78 Å². The average Bonchev–Trinajstić information content (AvgIpc) is 2.92. The Morgan fingerprint density at radius 3 is 2.71 bits per heavy atom. The minimum absolute atomic E-state index is 0.221. The van der Waals surface area contributed by atoms with Gasteiger partial charge in [0.15, 0.2) is 0 Å². The standard InChI is InChI=1S/C15H10BrNO3S/c1-20-8-2-3-11-9(6-8)10(15(18)19)7-12(17-11)13-4-5-14(16)21-13/h2-7H,1H3,(H,18,19). The van der Waals surface area contributed by atoms with Crippen molar-refractivity contribution in [1.82, 2.24) is 4.98 Å². The number of carboxylic acids is 1. The highest BCUT2D eigenvalue weighted by Gasteiger charge is 2.14. The molecule has 2 heterocycles. The van der Waals surface area contributed by atoms with Gasteiger partial charge < -0.3 is 9.84 Å². The van der Waals surface area contributed by atoms with Gasteiger partial charge in [-0.05, 0) is 52.3 Å². The second-order valence-electron chi connectivity index (χ2n) is 4.35. The third-order valence-corrected chi connectivity index (χ3v) is 4.72. The lowest BCUT2D eigenvalue weighted by molar-refractivity contribution is 0.0699. The van der Waals surface area contributed by atoms with Crippen molar-refractivity contribution in [3.63, 3.8) is 0 Å². The number of carbonyl (C=O) groups is 1. The predicted molar refractivity (Wildman–Crippen MR) is 86.3 cm³/mol. The third-order valence-electron chi connectivity index (χ3n) is 3.07. The number of pyridine rings is 1. The topological polar surface area (TPSA) is 59.4 Å². The van der Waals surface area contributed by atoms with E-state index in [1.807, 2.05) is 12.1 Å². The largest absolute Gasteiger partial charge is 0.497 e. The zero-order valence-electron chi connectivity index (χ0n) is 11.0. The maximum atomic E-state index is 11.5. The Morgan fingerprint density at radius 1 is 1.29 bits per heavy atom. The molecule has 0 unspecified atom stereocenters. The fourth-order valence-electron chi connectivity index (χ4n) is 2.09. The van der Waals surface area contributed by atoms with Crippen LogP contribution in [0.25, 0.3) is 21.5 Å². The Morgan fingerprint density at radius 2 is 2.10 bits per heavy atom. The monoisotopic (exact) mass is 363 g/mol.